The van der Waals surface area contributed by atoms with Gasteiger partial charge in [0.2, 0.25) is 5.91 Å². The predicted octanol–water partition coefficient (Wildman–Crippen LogP) is -1.23. The van der Waals surface area contributed by atoms with E-state index in [9.17, 15) is 9.59 Å². The molecule has 0 atom stereocenters. The second kappa shape index (κ2) is 3.64. The summed E-state index contributed by atoms with van der Waals surface area (Å²) >= 11 is 0. The van der Waals surface area contributed by atoms with E-state index < -0.39 is 5.60 Å². The van der Waals surface area contributed by atoms with E-state index in [1.165, 1.54) is 0 Å². The summed E-state index contributed by atoms with van der Waals surface area (Å²) in [6, 6.07) is 0. The van der Waals surface area contributed by atoms with Crippen molar-refractivity contribution >= 4 is 12.2 Å². The Morgan fingerprint density at radius 1 is 1.67 bits per heavy atom. The van der Waals surface area contributed by atoms with E-state index in [-0.39, 0.29) is 19.2 Å². The van der Waals surface area contributed by atoms with Gasteiger partial charge < -0.3 is 20.6 Å². The molecule has 0 radical (unpaired) electrons. The molecule has 3 N–H and O–H groups in total. The second-order valence-electron chi connectivity index (χ2n) is 2.78. The Kier molecular flexibility index (Phi) is 2.78. The van der Waals surface area contributed by atoms with Crippen molar-refractivity contribution in [2.75, 3.05) is 13.3 Å². The summed E-state index contributed by atoms with van der Waals surface area (Å²) in [7, 11) is 0. The molecule has 0 aromatic carbocycles. The number of hydrogen-bond donors (Lipinski definition) is 2. The van der Waals surface area contributed by atoms with Crippen molar-refractivity contribution in [2.24, 2.45) is 5.73 Å². The van der Waals surface area contributed by atoms with Gasteiger partial charge in [0.25, 0.3) is 0 Å². The lowest BCUT2D eigenvalue weighted by Gasteiger charge is -2.09. The van der Waals surface area contributed by atoms with E-state index in [2.05, 4.69) is 5.32 Å². The smallest absolute Gasteiger partial charge is 0.235 e. The van der Waals surface area contributed by atoms with Gasteiger partial charge in [0.05, 0.1) is 6.54 Å². The lowest BCUT2D eigenvalue weighted by molar-refractivity contribution is -0.127. The molecule has 1 aliphatic rings. The molecule has 1 aliphatic carbocycles. The van der Waals surface area contributed by atoms with Crippen LogP contribution in [0.1, 0.15) is 12.8 Å². The molecule has 68 valence electrons. The first-order valence-corrected chi connectivity index (χ1v) is 3.79. The normalized spacial score (nSPS) is 18.4. The van der Waals surface area contributed by atoms with E-state index in [0.717, 1.165) is 19.1 Å². The van der Waals surface area contributed by atoms with Crippen LogP contribution in [-0.4, -0.2) is 31.1 Å². The summed E-state index contributed by atoms with van der Waals surface area (Å²) in [5.74, 6) is -0.281. The molecule has 1 rings (SSSR count). The topological polar surface area (TPSA) is 81.4 Å². The molecule has 0 unspecified atom stereocenters. The SMILES string of the molecule is NCC(=O)NCOC1(C=O)CC1. The summed E-state index contributed by atoms with van der Waals surface area (Å²) in [4.78, 5) is 21.0. The van der Waals surface area contributed by atoms with Gasteiger partial charge in [-0.3, -0.25) is 4.79 Å². The Balaban J connectivity index is 2.10. The monoisotopic (exact) mass is 172 g/mol. The van der Waals surface area contributed by atoms with Gasteiger partial charge in [-0.1, -0.05) is 0 Å². The fourth-order valence-corrected chi connectivity index (χ4v) is 0.752. The zero-order valence-electron chi connectivity index (χ0n) is 6.71. The number of amides is 1. The van der Waals surface area contributed by atoms with Crippen molar-refractivity contribution in [1.82, 2.24) is 5.32 Å². The van der Waals surface area contributed by atoms with Gasteiger partial charge in [0, 0.05) is 0 Å². The van der Waals surface area contributed by atoms with Crippen LogP contribution < -0.4 is 11.1 Å². The van der Waals surface area contributed by atoms with Gasteiger partial charge in [-0.2, -0.15) is 0 Å². The molecule has 12 heavy (non-hydrogen) atoms. The number of carbonyl (C=O) groups is 2. The van der Waals surface area contributed by atoms with Crippen LogP contribution in [-0.2, 0) is 14.3 Å². The minimum atomic E-state index is -0.609. The summed E-state index contributed by atoms with van der Waals surface area (Å²) in [5.41, 5.74) is 4.42. The molecule has 5 nitrogen and oxygen atoms in total. The van der Waals surface area contributed by atoms with Crippen LogP contribution in [0.5, 0.6) is 0 Å². The number of nitrogens with two attached hydrogens (primary N) is 1. The third-order valence-electron chi connectivity index (χ3n) is 1.77. The summed E-state index contributed by atoms with van der Waals surface area (Å²) in [6.45, 7) is 0.00617. The Labute approximate surface area is 70.2 Å². The van der Waals surface area contributed by atoms with Gasteiger partial charge in [-0.05, 0) is 12.8 Å². The van der Waals surface area contributed by atoms with Gasteiger partial charge in [-0.25, -0.2) is 0 Å². The van der Waals surface area contributed by atoms with E-state index in [0.29, 0.717) is 0 Å². The van der Waals surface area contributed by atoms with E-state index in [1.54, 1.807) is 0 Å². The predicted molar refractivity (Wildman–Crippen MR) is 41.2 cm³/mol. The lowest BCUT2D eigenvalue weighted by atomic mass is 10.4. The maximum atomic E-state index is 10.6. The minimum absolute atomic E-state index is 0.0581. The van der Waals surface area contributed by atoms with Crippen LogP contribution in [0.25, 0.3) is 0 Å². The van der Waals surface area contributed by atoms with Crippen LogP contribution in [0.3, 0.4) is 0 Å². The molecule has 1 fully saturated rings. The van der Waals surface area contributed by atoms with E-state index in [4.69, 9.17) is 10.5 Å². The third kappa shape index (κ3) is 2.28. The number of hydrogen-bond acceptors (Lipinski definition) is 4. The van der Waals surface area contributed by atoms with Crippen molar-refractivity contribution in [3.8, 4) is 0 Å². The minimum Gasteiger partial charge on any atom is -0.347 e. The summed E-state index contributed by atoms with van der Waals surface area (Å²) in [5, 5.41) is 2.42. The molecule has 0 aromatic rings. The highest BCUT2D eigenvalue weighted by molar-refractivity contribution is 5.77. The van der Waals surface area contributed by atoms with Crippen LogP contribution in [0.4, 0.5) is 0 Å². The molecule has 0 spiro atoms. The molecule has 0 aromatic heterocycles. The van der Waals surface area contributed by atoms with Gasteiger partial charge in [-0.15, -0.1) is 0 Å². The molecular formula is C7H12N2O3. The first kappa shape index (κ1) is 9.15. The Hall–Kier alpha value is -0.940. The van der Waals surface area contributed by atoms with E-state index in [1.807, 2.05) is 0 Å². The molecule has 0 aliphatic heterocycles. The van der Waals surface area contributed by atoms with Gasteiger partial charge >= 0.3 is 0 Å². The summed E-state index contributed by atoms with van der Waals surface area (Å²) in [6.07, 6.45) is 2.27. The molecular weight excluding hydrogens is 160 g/mol. The van der Waals surface area contributed by atoms with Gasteiger partial charge in [0.15, 0.2) is 6.29 Å². The molecule has 0 heterocycles. The molecule has 1 saturated carbocycles. The largest absolute Gasteiger partial charge is 0.347 e. The highest BCUT2D eigenvalue weighted by atomic mass is 16.5. The first-order chi connectivity index (χ1) is 5.72. The van der Waals surface area contributed by atoms with Crippen molar-refractivity contribution in [2.45, 2.75) is 18.4 Å². The molecule has 0 bridgehead atoms. The number of aldehydes is 1. The first-order valence-electron chi connectivity index (χ1n) is 3.79. The third-order valence-corrected chi connectivity index (χ3v) is 1.77. The number of rotatable bonds is 5. The lowest BCUT2D eigenvalue weighted by Crippen LogP contribution is -2.34. The highest BCUT2D eigenvalue weighted by Crippen LogP contribution is 2.36. The molecule has 5 heteroatoms. The summed E-state index contributed by atoms with van der Waals surface area (Å²) < 4.78 is 5.11. The molecule has 1 amide bonds. The van der Waals surface area contributed by atoms with Crippen molar-refractivity contribution in [1.29, 1.82) is 0 Å². The van der Waals surface area contributed by atoms with Gasteiger partial charge in [0.1, 0.15) is 12.3 Å². The van der Waals surface area contributed by atoms with Crippen LogP contribution in [0.15, 0.2) is 0 Å². The zero-order valence-corrected chi connectivity index (χ0v) is 6.71. The standard InChI is InChI=1S/C7H12N2O3/c8-3-6(11)9-5-12-7(4-10)1-2-7/h4H,1-3,5,8H2,(H,9,11). The Morgan fingerprint density at radius 3 is 2.75 bits per heavy atom. The van der Waals surface area contributed by atoms with Crippen molar-refractivity contribution < 1.29 is 14.3 Å². The highest BCUT2D eigenvalue weighted by Gasteiger charge is 2.44. The number of carbonyl (C=O) groups excluding carboxylic acids is 2. The number of ether oxygens (including phenoxy) is 1. The van der Waals surface area contributed by atoms with Crippen LogP contribution in [0.2, 0.25) is 0 Å². The van der Waals surface area contributed by atoms with Crippen LogP contribution in [0, 0.1) is 0 Å². The fraction of sp³-hybridized carbons (Fsp3) is 0.714. The van der Waals surface area contributed by atoms with Crippen molar-refractivity contribution in [3.05, 3.63) is 0 Å². The van der Waals surface area contributed by atoms with Crippen molar-refractivity contribution in [3.63, 3.8) is 0 Å². The quantitative estimate of drug-likeness (QED) is 0.402. The Bertz CT molecular complexity index is 189. The van der Waals surface area contributed by atoms with E-state index >= 15 is 0 Å². The molecule has 0 saturated heterocycles. The maximum absolute atomic E-state index is 10.6. The second-order valence-corrected chi connectivity index (χ2v) is 2.78. The Morgan fingerprint density at radius 2 is 2.33 bits per heavy atom. The fourth-order valence-electron chi connectivity index (χ4n) is 0.752. The maximum Gasteiger partial charge on any atom is 0.235 e. The zero-order chi connectivity index (χ0) is 9.03. The average Bonchev–Trinajstić information content (AvgIpc) is 2.85. The average molecular weight is 172 g/mol. The number of nitrogens with one attached hydrogen (secondary N) is 1. The van der Waals surface area contributed by atoms with Crippen LogP contribution >= 0.6 is 0 Å².